The normalized spacial score (nSPS) is 15.9. The number of carbonyl (C=O) groups is 1. The topological polar surface area (TPSA) is 41.6 Å². The maximum absolute atomic E-state index is 11.7. The highest BCUT2D eigenvalue weighted by Gasteiger charge is 2.25. The summed E-state index contributed by atoms with van der Waals surface area (Å²) in [7, 11) is 1.54. The van der Waals surface area contributed by atoms with Crippen LogP contribution in [0.5, 0.6) is 0 Å². The molecule has 3 rings (SSSR count). The van der Waals surface area contributed by atoms with Crippen molar-refractivity contribution < 1.29 is 9.53 Å². The van der Waals surface area contributed by atoms with Crippen LogP contribution in [-0.2, 0) is 22.5 Å². The molecule has 0 saturated carbocycles. The second kappa shape index (κ2) is 7.73. The van der Waals surface area contributed by atoms with Gasteiger partial charge in [0.1, 0.15) is 6.61 Å². The third kappa shape index (κ3) is 3.99. The smallest absolute Gasteiger partial charge is 0.246 e. The zero-order valence-electron chi connectivity index (χ0n) is 13.3. The van der Waals surface area contributed by atoms with Gasteiger partial charge in [0, 0.05) is 31.6 Å². The van der Waals surface area contributed by atoms with Crippen LogP contribution in [0.15, 0.2) is 41.8 Å². The predicted octanol–water partition coefficient (Wildman–Crippen LogP) is 2.61. The van der Waals surface area contributed by atoms with Crippen molar-refractivity contribution in [2.75, 3.05) is 26.8 Å². The van der Waals surface area contributed by atoms with Crippen LogP contribution in [0.25, 0.3) is 0 Å². The number of nitrogens with zero attached hydrogens (tertiary/aromatic N) is 1. The lowest BCUT2D eigenvalue weighted by Crippen LogP contribution is -2.41. The van der Waals surface area contributed by atoms with E-state index in [0.29, 0.717) is 6.54 Å². The molecule has 2 aromatic rings. The van der Waals surface area contributed by atoms with E-state index < -0.39 is 0 Å². The summed E-state index contributed by atoms with van der Waals surface area (Å²) in [6.45, 7) is 2.67. The average Bonchev–Trinajstić information content (AvgIpc) is 3.09. The van der Waals surface area contributed by atoms with Crippen LogP contribution in [0, 0.1) is 0 Å². The molecule has 0 aliphatic carbocycles. The van der Waals surface area contributed by atoms with E-state index in [1.807, 2.05) is 0 Å². The van der Waals surface area contributed by atoms with Crippen molar-refractivity contribution in [1.82, 2.24) is 10.2 Å². The lowest BCUT2D eigenvalue weighted by Gasteiger charge is -2.35. The van der Waals surface area contributed by atoms with Crippen LogP contribution in [0.3, 0.4) is 0 Å². The summed E-state index contributed by atoms with van der Waals surface area (Å²) < 4.78 is 4.90. The number of hydrogen-bond acceptors (Lipinski definition) is 4. The lowest BCUT2D eigenvalue weighted by atomic mass is 9.98. The van der Waals surface area contributed by atoms with E-state index in [0.717, 1.165) is 19.5 Å². The summed E-state index contributed by atoms with van der Waals surface area (Å²) in [4.78, 5) is 15.5. The van der Waals surface area contributed by atoms with Crippen LogP contribution in [0.4, 0.5) is 0 Å². The van der Waals surface area contributed by atoms with Gasteiger partial charge in [-0.1, -0.05) is 30.3 Å². The monoisotopic (exact) mass is 330 g/mol. The number of nitrogens with one attached hydrogen (secondary N) is 1. The van der Waals surface area contributed by atoms with E-state index in [1.165, 1.54) is 23.1 Å². The molecule has 0 spiro atoms. The predicted molar refractivity (Wildman–Crippen MR) is 92.5 cm³/mol. The number of amides is 1. The van der Waals surface area contributed by atoms with Crippen molar-refractivity contribution in [2.24, 2.45) is 0 Å². The number of fused-ring (bicyclic) bond motifs is 1. The van der Waals surface area contributed by atoms with Crippen LogP contribution >= 0.6 is 11.3 Å². The zero-order chi connectivity index (χ0) is 16.1. The molecule has 1 aliphatic heterocycles. The Morgan fingerprint density at radius 3 is 2.87 bits per heavy atom. The third-order valence-corrected chi connectivity index (χ3v) is 5.21. The molecule has 0 saturated heterocycles. The quantitative estimate of drug-likeness (QED) is 0.885. The molecule has 1 aliphatic rings. The van der Waals surface area contributed by atoms with Crippen molar-refractivity contribution in [1.29, 1.82) is 0 Å². The van der Waals surface area contributed by atoms with E-state index in [1.54, 1.807) is 11.3 Å². The fourth-order valence-electron chi connectivity index (χ4n) is 3.07. The summed E-state index contributed by atoms with van der Waals surface area (Å²) in [5.74, 6) is -0.0635. The lowest BCUT2D eigenvalue weighted by molar-refractivity contribution is -0.125. The first-order valence-electron chi connectivity index (χ1n) is 7.88. The fourth-order valence-corrected chi connectivity index (χ4v) is 3.93. The molecular formula is C18H22N2O2S. The number of ether oxygens (including phenoxy) is 1. The van der Waals surface area contributed by atoms with Crippen molar-refractivity contribution in [3.05, 3.63) is 57.8 Å². The highest BCUT2D eigenvalue weighted by atomic mass is 32.1. The van der Waals surface area contributed by atoms with Gasteiger partial charge in [0.15, 0.2) is 0 Å². The molecule has 2 heterocycles. The Labute approximate surface area is 141 Å². The van der Waals surface area contributed by atoms with Crippen LogP contribution in [0.1, 0.15) is 22.0 Å². The highest BCUT2D eigenvalue weighted by Crippen LogP contribution is 2.29. The van der Waals surface area contributed by atoms with Crippen molar-refractivity contribution in [2.45, 2.75) is 19.0 Å². The number of carbonyl (C=O) groups excluding carboxylic acids is 1. The van der Waals surface area contributed by atoms with Gasteiger partial charge in [-0.05, 0) is 29.0 Å². The maximum atomic E-state index is 11.7. The molecule has 0 unspecified atom stereocenters. The van der Waals surface area contributed by atoms with E-state index in [9.17, 15) is 4.79 Å². The van der Waals surface area contributed by atoms with Crippen LogP contribution < -0.4 is 5.32 Å². The van der Waals surface area contributed by atoms with E-state index in [-0.39, 0.29) is 18.6 Å². The second-order valence-corrected chi connectivity index (χ2v) is 6.74. The van der Waals surface area contributed by atoms with Gasteiger partial charge in [-0.2, -0.15) is 0 Å². The first kappa shape index (κ1) is 16.2. The number of thiophene rings is 1. The Kier molecular flexibility index (Phi) is 5.43. The first-order valence-corrected chi connectivity index (χ1v) is 8.76. The Morgan fingerprint density at radius 2 is 2.13 bits per heavy atom. The SMILES string of the molecule is COCC(=O)NC[C@@H](c1cccs1)N1CCc2ccccc2C1. The number of hydrogen-bond donors (Lipinski definition) is 1. The molecule has 1 atom stereocenters. The largest absolute Gasteiger partial charge is 0.375 e. The molecule has 0 radical (unpaired) electrons. The Bertz CT molecular complexity index is 642. The van der Waals surface area contributed by atoms with Crippen molar-refractivity contribution in [3.63, 3.8) is 0 Å². The molecule has 0 fully saturated rings. The van der Waals surface area contributed by atoms with E-state index in [2.05, 4.69) is 52.0 Å². The highest BCUT2D eigenvalue weighted by molar-refractivity contribution is 7.10. The van der Waals surface area contributed by atoms with Crippen molar-refractivity contribution >= 4 is 17.2 Å². The van der Waals surface area contributed by atoms with Gasteiger partial charge in [-0.15, -0.1) is 11.3 Å². The number of rotatable bonds is 6. The molecule has 1 N–H and O–H groups in total. The summed E-state index contributed by atoms with van der Waals surface area (Å²) in [5, 5.41) is 5.09. The summed E-state index contributed by atoms with van der Waals surface area (Å²) in [6, 6.07) is 13.1. The van der Waals surface area contributed by atoms with E-state index in [4.69, 9.17) is 4.74 Å². The summed E-state index contributed by atoms with van der Waals surface area (Å²) in [6.07, 6.45) is 1.06. The van der Waals surface area contributed by atoms with Gasteiger partial charge in [0.25, 0.3) is 0 Å². The molecule has 1 aromatic heterocycles. The minimum absolute atomic E-state index is 0.0635. The van der Waals surface area contributed by atoms with Crippen LogP contribution in [-0.4, -0.2) is 37.6 Å². The molecule has 4 nitrogen and oxygen atoms in total. The standard InChI is InChI=1S/C18H22N2O2S/c1-22-13-18(21)19-11-16(17-7-4-10-23-17)20-9-8-14-5-2-3-6-15(14)12-20/h2-7,10,16H,8-9,11-13H2,1H3,(H,19,21)/t16-/m0/s1. The zero-order valence-corrected chi connectivity index (χ0v) is 14.1. The minimum Gasteiger partial charge on any atom is -0.375 e. The fraction of sp³-hybridized carbons (Fsp3) is 0.389. The average molecular weight is 330 g/mol. The van der Waals surface area contributed by atoms with Gasteiger partial charge in [-0.3, -0.25) is 9.69 Å². The molecule has 122 valence electrons. The summed E-state index contributed by atoms with van der Waals surface area (Å²) in [5.41, 5.74) is 2.83. The number of methoxy groups -OCH3 is 1. The number of benzene rings is 1. The Hall–Kier alpha value is -1.69. The molecule has 1 amide bonds. The molecule has 0 bridgehead atoms. The Balaban J connectivity index is 1.73. The maximum Gasteiger partial charge on any atom is 0.246 e. The second-order valence-electron chi connectivity index (χ2n) is 5.76. The van der Waals surface area contributed by atoms with Crippen LogP contribution in [0.2, 0.25) is 0 Å². The van der Waals surface area contributed by atoms with E-state index >= 15 is 0 Å². The minimum atomic E-state index is -0.0635. The van der Waals surface area contributed by atoms with Gasteiger partial charge in [0.05, 0.1) is 6.04 Å². The van der Waals surface area contributed by atoms with Crippen molar-refractivity contribution in [3.8, 4) is 0 Å². The van der Waals surface area contributed by atoms with Gasteiger partial charge in [0.2, 0.25) is 5.91 Å². The van der Waals surface area contributed by atoms with Gasteiger partial charge < -0.3 is 10.1 Å². The molecule has 23 heavy (non-hydrogen) atoms. The first-order chi connectivity index (χ1) is 11.3. The molecule has 5 heteroatoms. The third-order valence-electron chi connectivity index (χ3n) is 4.24. The van der Waals surface area contributed by atoms with Gasteiger partial charge in [-0.25, -0.2) is 0 Å². The molecular weight excluding hydrogens is 308 g/mol. The Morgan fingerprint density at radius 1 is 1.30 bits per heavy atom. The molecule has 1 aromatic carbocycles. The van der Waals surface area contributed by atoms with Gasteiger partial charge >= 0.3 is 0 Å². The summed E-state index contributed by atoms with van der Waals surface area (Å²) >= 11 is 1.75.